The standard InChI is InChI=1S/C18H20BrNO2/c1-13-11-14-3-4-15(19)12-18(14)20(9-10-22-13)16-5-7-17(21-2)8-6-16/h3-8,12-13H,9-11H2,1-2H3. The van der Waals surface area contributed by atoms with Gasteiger partial charge in [-0.1, -0.05) is 22.0 Å². The van der Waals surface area contributed by atoms with E-state index in [-0.39, 0.29) is 6.10 Å². The largest absolute Gasteiger partial charge is 0.497 e. The highest BCUT2D eigenvalue weighted by Crippen LogP contribution is 2.34. The Labute approximate surface area is 140 Å². The Balaban J connectivity index is 2.02. The number of nitrogens with zero attached hydrogens (tertiary/aromatic N) is 1. The Hall–Kier alpha value is -1.52. The summed E-state index contributed by atoms with van der Waals surface area (Å²) in [6.45, 7) is 3.69. The number of benzene rings is 2. The molecular weight excluding hydrogens is 342 g/mol. The van der Waals surface area contributed by atoms with Gasteiger partial charge in [0.1, 0.15) is 5.75 Å². The molecule has 1 aliphatic heterocycles. The van der Waals surface area contributed by atoms with E-state index in [0.29, 0.717) is 0 Å². The normalized spacial score (nSPS) is 18.3. The monoisotopic (exact) mass is 361 g/mol. The highest BCUT2D eigenvalue weighted by molar-refractivity contribution is 9.10. The second-order valence-corrected chi connectivity index (χ2v) is 6.42. The summed E-state index contributed by atoms with van der Waals surface area (Å²) < 4.78 is 12.2. The van der Waals surface area contributed by atoms with Crippen LogP contribution in [0.2, 0.25) is 0 Å². The molecule has 2 aromatic rings. The Morgan fingerprint density at radius 2 is 1.95 bits per heavy atom. The SMILES string of the molecule is COc1ccc(N2CCOC(C)Cc3ccc(Br)cc32)cc1. The quantitative estimate of drug-likeness (QED) is 0.782. The molecule has 3 rings (SSSR count). The van der Waals surface area contributed by atoms with E-state index in [0.717, 1.165) is 35.5 Å². The molecule has 0 aliphatic carbocycles. The highest BCUT2D eigenvalue weighted by atomic mass is 79.9. The van der Waals surface area contributed by atoms with Crippen molar-refractivity contribution in [1.29, 1.82) is 0 Å². The van der Waals surface area contributed by atoms with Gasteiger partial charge in [-0.15, -0.1) is 0 Å². The van der Waals surface area contributed by atoms with Gasteiger partial charge in [-0.05, 0) is 48.9 Å². The molecule has 1 atom stereocenters. The maximum atomic E-state index is 5.89. The molecule has 1 unspecified atom stereocenters. The third-order valence-corrected chi connectivity index (χ3v) is 4.44. The van der Waals surface area contributed by atoms with Crippen LogP contribution in [-0.4, -0.2) is 26.4 Å². The van der Waals surface area contributed by atoms with Crippen LogP contribution in [0.25, 0.3) is 0 Å². The predicted octanol–water partition coefficient (Wildman–Crippen LogP) is 4.56. The fourth-order valence-electron chi connectivity index (χ4n) is 2.83. The minimum atomic E-state index is 0.248. The van der Waals surface area contributed by atoms with Gasteiger partial charge >= 0.3 is 0 Å². The zero-order chi connectivity index (χ0) is 15.5. The molecule has 2 aromatic carbocycles. The van der Waals surface area contributed by atoms with Crippen LogP contribution in [0.5, 0.6) is 5.75 Å². The molecule has 0 N–H and O–H groups in total. The van der Waals surface area contributed by atoms with E-state index in [4.69, 9.17) is 9.47 Å². The van der Waals surface area contributed by atoms with Gasteiger partial charge in [0, 0.05) is 28.8 Å². The predicted molar refractivity (Wildman–Crippen MR) is 93.3 cm³/mol. The second-order valence-electron chi connectivity index (χ2n) is 5.51. The Morgan fingerprint density at radius 3 is 2.68 bits per heavy atom. The zero-order valence-corrected chi connectivity index (χ0v) is 14.5. The molecule has 0 radical (unpaired) electrons. The van der Waals surface area contributed by atoms with E-state index in [2.05, 4.69) is 58.1 Å². The summed E-state index contributed by atoms with van der Waals surface area (Å²) in [6, 6.07) is 14.6. The van der Waals surface area contributed by atoms with E-state index >= 15 is 0 Å². The maximum absolute atomic E-state index is 5.89. The summed E-state index contributed by atoms with van der Waals surface area (Å²) in [5.74, 6) is 0.870. The molecule has 0 saturated heterocycles. The van der Waals surface area contributed by atoms with Crippen molar-refractivity contribution in [3.63, 3.8) is 0 Å². The smallest absolute Gasteiger partial charge is 0.119 e. The first-order valence-electron chi connectivity index (χ1n) is 7.49. The van der Waals surface area contributed by atoms with Crippen molar-refractivity contribution in [1.82, 2.24) is 0 Å². The number of hydrogen-bond donors (Lipinski definition) is 0. The Kier molecular flexibility index (Phi) is 4.69. The molecule has 0 spiro atoms. The highest BCUT2D eigenvalue weighted by Gasteiger charge is 2.19. The van der Waals surface area contributed by atoms with Gasteiger partial charge in [-0.2, -0.15) is 0 Å². The van der Waals surface area contributed by atoms with E-state index in [1.165, 1.54) is 11.3 Å². The van der Waals surface area contributed by atoms with Crippen LogP contribution in [0.15, 0.2) is 46.9 Å². The van der Waals surface area contributed by atoms with Crippen molar-refractivity contribution in [3.8, 4) is 5.75 Å². The molecule has 116 valence electrons. The first-order chi connectivity index (χ1) is 10.7. The lowest BCUT2D eigenvalue weighted by Gasteiger charge is -2.31. The first-order valence-corrected chi connectivity index (χ1v) is 8.28. The van der Waals surface area contributed by atoms with Crippen LogP contribution < -0.4 is 9.64 Å². The fraction of sp³-hybridized carbons (Fsp3) is 0.333. The molecule has 0 saturated carbocycles. The van der Waals surface area contributed by atoms with E-state index < -0.39 is 0 Å². The van der Waals surface area contributed by atoms with Crippen LogP contribution >= 0.6 is 15.9 Å². The average molecular weight is 362 g/mol. The topological polar surface area (TPSA) is 21.7 Å². The molecule has 0 fully saturated rings. The van der Waals surface area contributed by atoms with Crippen molar-refractivity contribution in [2.75, 3.05) is 25.2 Å². The number of fused-ring (bicyclic) bond motifs is 1. The number of ether oxygens (including phenoxy) is 2. The number of halogens is 1. The number of hydrogen-bond acceptors (Lipinski definition) is 3. The molecule has 1 aliphatic rings. The molecular formula is C18H20BrNO2. The lowest BCUT2D eigenvalue weighted by Crippen LogP contribution is -2.29. The third kappa shape index (κ3) is 3.28. The maximum Gasteiger partial charge on any atom is 0.119 e. The van der Waals surface area contributed by atoms with Crippen molar-refractivity contribution in [2.24, 2.45) is 0 Å². The number of anilines is 2. The van der Waals surface area contributed by atoms with Crippen LogP contribution in [0, 0.1) is 0 Å². The Morgan fingerprint density at radius 1 is 1.18 bits per heavy atom. The summed E-state index contributed by atoms with van der Waals surface area (Å²) in [6.07, 6.45) is 1.17. The van der Waals surface area contributed by atoms with Gasteiger partial charge in [0.25, 0.3) is 0 Å². The third-order valence-electron chi connectivity index (χ3n) is 3.95. The molecule has 3 nitrogen and oxygen atoms in total. The van der Waals surface area contributed by atoms with Gasteiger partial charge in [0.15, 0.2) is 0 Å². The molecule has 4 heteroatoms. The summed E-state index contributed by atoms with van der Waals surface area (Å²) in [4.78, 5) is 2.31. The minimum absolute atomic E-state index is 0.248. The number of rotatable bonds is 2. The van der Waals surface area contributed by atoms with Crippen molar-refractivity contribution >= 4 is 27.3 Å². The van der Waals surface area contributed by atoms with Gasteiger partial charge in [0.2, 0.25) is 0 Å². The zero-order valence-electron chi connectivity index (χ0n) is 12.9. The lowest BCUT2D eigenvalue weighted by molar-refractivity contribution is 0.0703. The van der Waals surface area contributed by atoms with E-state index in [9.17, 15) is 0 Å². The average Bonchev–Trinajstić information content (AvgIpc) is 2.52. The summed E-state index contributed by atoms with van der Waals surface area (Å²) >= 11 is 3.60. The van der Waals surface area contributed by atoms with Crippen molar-refractivity contribution in [2.45, 2.75) is 19.4 Å². The molecule has 0 amide bonds. The molecule has 1 heterocycles. The molecule has 0 bridgehead atoms. The van der Waals surface area contributed by atoms with E-state index in [1.807, 2.05) is 12.1 Å². The lowest BCUT2D eigenvalue weighted by atomic mass is 10.0. The first kappa shape index (κ1) is 15.4. The van der Waals surface area contributed by atoms with Crippen molar-refractivity contribution in [3.05, 3.63) is 52.5 Å². The van der Waals surface area contributed by atoms with Crippen molar-refractivity contribution < 1.29 is 9.47 Å². The van der Waals surface area contributed by atoms with Gasteiger partial charge < -0.3 is 14.4 Å². The van der Waals surface area contributed by atoms with Gasteiger partial charge in [-0.25, -0.2) is 0 Å². The minimum Gasteiger partial charge on any atom is -0.497 e. The van der Waals surface area contributed by atoms with E-state index in [1.54, 1.807) is 7.11 Å². The van der Waals surface area contributed by atoms with Crippen LogP contribution in [-0.2, 0) is 11.2 Å². The fourth-order valence-corrected chi connectivity index (χ4v) is 3.17. The van der Waals surface area contributed by atoms with Gasteiger partial charge in [-0.3, -0.25) is 0 Å². The summed E-state index contributed by atoms with van der Waals surface area (Å²) in [7, 11) is 1.69. The molecule has 22 heavy (non-hydrogen) atoms. The summed E-state index contributed by atoms with van der Waals surface area (Å²) in [5, 5.41) is 0. The Bertz CT molecular complexity index is 642. The summed E-state index contributed by atoms with van der Waals surface area (Å²) in [5.41, 5.74) is 3.71. The van der Waals surface area contributed by atoms with Gasteiger partial charge in [0.05, 0.1) is 19.8 Å². The van der Waals surface area contributed by atoms with Crippen LogP contribution in [0.3, 0.4) is 0 Å². The number of methoxy groups -OCH3 is 1. The van der Waals surface area contributed by atoms with Crippen LogP contribution in [0.4, 0.5) is 11.4 Å². The molecule has 0 aromatic heterocycles. The van der Waals surface area contributed by atoms with Crippen LogP contribution in [0.1, 0.15) is 12.5 Å². The second kappa shape index (κ2) is 6.71.